The summed E-state index contributed by atoms with van der Waals surface area (Å²) in [4.78, 5) is 2.65. The van der Waals surface area contributed by atoms with Crippen LogP contribution in [0, 0.1) is 16.2 Å². The fourth-order valence-electron chi connectivity index (χ4n) is 7.22. The molecule has 5 nitrogen and oxygen atoms in total. The van der Waals surface area contributed by atoms with Gasteiger partial charge in [-0.25, -0.2) is 0 Å². The summed E-state index contributed by atoms with van der Waals surface area (Å²) in [6.45, 7) is 30.1. The van der Waals surface area contributed by atoms with E-state index in [2.05, 4.69) is 106 Å². The van der Waals surface area contributed by atoms with Gasteiger partial charge in [-0.1, -0.05) is 87.4 Å². The Bertz CT molecular complexity index is 914. The molecule has 3 aliphatic rings. The molecule has 0 spiro atoms. The Kier molecular flexibility index (Phi) is 7.50. The van der Waals surface area contributed by atoms with Crippen molar-refractivity contribution in [2.75, 3.05) is 31.3 Å². The first-order chi connectivity index (χ1) is 17.0. The number of rotatable bonds is 5. The summed E-state index contributed by atoms with van der Waals surface area (Å²) >= 11 is 0. The van der Waals surface area contributed by atoms with Crippen molar-refractivity contribution in [3.8, 4) is 0 Å². The predicted molar refractivity (Wildman–Crippen MR) is 155 cm³/mol. The van der Waals surface area contributed by atoms with Crippen molar-refractivity contribution in [1.82, 2.24) is 0 Å². The van der Waals surface area contributed by atoms with E-state index in [9.17, 15) is 0 Å². The van der Waals surface area contributed by atoms with E-state index in [4.69, 9.17) is 18.6 Å². The molecule has 0 atom stereocenters. The van der Waals surface area contributed by atoms with Gasteiger partial charge in [0.1, 0.15) is 5.34 Å². The summed E-state index contributed by atoms with van der Waals surface area (Å²) in [5, 5.41) is -0.682. The Balaban J connectivity index is 2.01. The lowest BCUT2D eigenvalue weighted by atomic mass is 9.35. The summed E-state index contributed by atoms with van der Waals surface area (Å²) in [5.41, 5.74) is 3.54. The largest absolute Gasteiger partial charge is 0.482 e. The molecule has 0 aromatic heterocycles. The summed E-state index contributed by atoms with van der Waals surface area (Å²) in [6, 6.07) is 6.82. The van der Waals surface area contributed by atoms with Crippen molar-refractivity contribution >= 4 is 19.9 Å². The van der Waals surface area contributed by atoms with Crippen molar-refractivity contribution in [1.29, 1.82) is 0 Å². The lowest BCUT2D eigenvalue weighted by Crippen LogP contribution is -2.78. The van der Waals surface area contributed by atoms with E-state index in [-0.39, 0.29) is 21.8 Å². The molecule has 1 aromatic carbocycles. The zero-order valence-electron chi connectivity index (χ0n) is 25.7. The molecule has 7 heteroatoms. The van der Waals surface area contributed by atoms with Gasteiger partial charge in [0.15, 0.2) is 0 Å². The van der Waals surface area contributed by atoms with Gasteiger partial charge in [-0.05, 0) is 48.6 Å². The van der Waals surface area contributed by atoms with Gasteiger partial charge in [0.25, 0.3) is 0 Å². The van der Waals surface area contributed by atoms with E-state index in [0.717, 1.165) is 6.42 Å². The second-order valence-electron chi connectivity index (χ2n) is 15.4. The van der Waals surface area contributed by atoms with E-state index >= 15 is 0 Å². The number of benzene rings is 1. The molecule has 0 aliphatic carbocycles. The molecule has 3 saturated heterocycles. The van der Waals surface area contributed by atoms with Gasteiger partial charge >= 0.3 is 14.2 Å². The molecular formula is C30H51B2NO4. The third-order valence-corrected chi connectivity index (χ3v) is 8.72. The van der Waals surface area contributed by atoms with Crippen molar-refractivity contribution in [3.63, 3.8) is 0 Å². The number of hydrogen-bond acceptors (Lipinski definition) is 5. The van der Waals surface area contributed by atoms with Gasteiger partial charge in [-0.2, -0.15) is 0 Å². The highest BCUT2D eigenvalue weighted by Crippen LogP contribution is 2.60. The SMILES string of the molecule is CC(C)c1cccc(C(C)C)c1N1C(C)(C)CC(C)(C)C1(B1OCC(C)(C)CO1)B1OCC(C)(C)CO1. The first-order valence-corrected chi connectivity index (χ1v) is 14.3. The van der Waals surface area contributed by atoms with Crippen molar-refractivity contribution in [2.45, 2.75) is 112 Å². The standard InChI is InChI=1S/C30H51B2NO4/c1-21(2)23-14-13-15-24(22(3)4)25(23)33-29(11,12)16-28(9,10)30(33,31-34-17-26(5,6)18-35-31)32-36-19-27(7,8)20-37-32/h13-15,21-22H,16-20H2,1-12H3. The molecule has 3 aliphatic heterocycles. The van der Waals surface area contributed by atoms with Crippen LogP contribution < -0.4 is 4.90 Å². The molecule has 0 radical (unpaired) electrons. The Labute approximate surface area is 227 Å². The van der Waals surface area contributed by atoms with Gasteiger partial charge in [-0.3, -0.25) is 0 Å². The first kappa shape index (κ1) is 29.0. The normalized spacial score (nSPS) is 26.3. The molecule has 0 amide bonds. The smallest absolute Gasteiger partial charge is 0.409 e. The summed E-state index contributed by atoms with van der Waals surface area (Å²) < 4.78 is 27.0. The minimum absolute atomic E-state index is 0.0318. The van der Waals surface area contributed by atoms with Gasteiger partial charge in [0, 0.05) is 48.5 Å². The molecule has 206 valence electrons. The van der Waals surface area contributed by atoms with Gasteiger partial charge < -0.3 is 23.5 Å². The number of nitrogens with zero attached hydrogens (tertiary/aromatic N) is 1. The van der Waals surface area contributed by atoms with Crippen LogP contribution in [0.3, 0.4) is 0 Å². The highest BCUT2D eigenvalue weighted by molar-refractivity contribution is 6.73. The van der Waals surface area contributed by atoms with Crippen LogP contribution >= 0.6 is 0 Å². The van der Waals surface area contributed by atoms with Crippen molar-refractivity contribution < 1.29 is 18.6 Å². The number of para-hydroxylation sites is 1. The molecule has 3 fully saturated rings. The maximum Gasteiger partial charge on any atom is 0.482 e. The first-order valence-electron chi connectivity index (χ1n) is 14.3. The summed E-state index contributed by atoms with van der Waals surface area (Å²) in [6.07, 6.45) is 0.961. The zero-order chi connectivity index (χ0) is 27.6. The third kappa shape index (κ3) is 4.92. The Morgan fingerprint density at radius 1 is 0.676 bits per heavy atom. The van der Waals surface area contributed by atoms with Gasteiger partial charge in [-0.15, -0.1) is 0 Å². The highest BCUT2D eigenvalue weighted by atomic mass is 16.6. The maximum atomic E-state index is 6.74. The lowest BCUT2D eigenvalue weighted by Gasteiger charge is -2.56. The van der Waals surface area contributed by atoms with E-state index in [0.29, 0.717) is 38.3 Å². The monoisotopic (exact) mass is 511 g/mol. The molecule has 0 saturated carbocycles. The van der Waals surface area contributed by atoms with Crippen LogP contribution in [0.25, 0.3) is 0 Å². The third-order valence-electron chi connectivity index (χ3n) is 8.72. The topological polar surface area (TPSA) is 40.2 Å². The molecule has 37 heavy (non-hydrogen) atoms. The fraction of sp³-hybridized carbons (Fsp3) is 0.800. The minimum Gasteiger partial charge on any atom is -0.409 e. The molecule has 0 unspecified atom stereocenters. The zero-order valence-corrected chi connectivity index (χ0v) is 25.7. The summed E-state index contributed by atoms with van der Waals surface area (Å²) in [7, 11) is -0.965. The average molecular weight is 511 g/mol. The van der Waals surface area contributed by atoms with Crippen LogP contribution in [0.4, 0.5) is 5.69 Å². The maximum absolute atomic E-state index is 6.74. The quantitative estimate of drug-likeness (QED) is 0.403. The lowest BCUT2D eigenvalue weighted by molar-refractivity contribution is -0.00795. The number of hydrogen-bond donors (Lipinski definition) is 0. The van der Waals surface area contributed by atoms with Crippen molar-refractivity contribution in [3.05, 3.63) is 29.3 Å². The second kappa shape index (κ2) is 9.57. The van der Waals surface area contributed by atoms with E-state index < -0.39 is 19.6 Å². The van der Waals surface area contributed by atoms with E-state index in [1.54, 1.807) is 0 Å². The minimum atomic E-state index is -0.682. The van der Waals surface area contributed by atoms with Crippen LogP contribution in [0.15, 0.2) is 18.2 Å². The second-order valence-corrected chi connectivity index (χ2v) is 15.4. The Morgan fingerprint density at radius 3 is 1.41 bits per heavy atom. The molecule has 0 bridgehead atoms. The van der Waals surface area contributed by atoms with Crippen LogP contribution in [0.5, 0.6) is 0 Å². The molecular weight excluding hydrogens is 460 g/mol. The van der Waals surface area contributed by atoms with Crippen LogP contribution in [0.1, 0.15) is 112 Å². The Morgan fingerprint density at radius 2 is 1.05 bits per heavy atom. The van der Waals surface area contributed by atoms with Crippen LogP contribution in [0.2, 0.25) is 0 Å². The fourth-order valence-corrected chi connectivity index (χ4v) is 7.22. The molecule has 4 rings (SSSR count). The van der Waals surface area contributed by atoms with Crippen LogP contribution in [-0.4, -0.2) is 51.5 Å². The van der Waals surface area contributed by atoms with Gasteiger partial charge in [0.05, 0.1) is 0 Å². The van der Waals surface area contributed by atoms with E-state index in [1.807, 2.05) is 0 Å². The molecule has 0 N–H and O–H groups in total. The molecule has 1 aromatic rings. The average Bonchev–Trinajstić information content (AvgIpc) is 2.93. The molecule has 3 heterocycles. The number of anilines is 1. The predicted octanol–water partition coefficient (Wildman–Crippen LogP) is 6.89. The summed E-state index contributed by atoms with van der Waals surface area (Å²) in [5.74, 6) is 0.732. The van der Waals surface area contributed by atoms with Crippen LogP contribution in [-0.2, 0) is 18.6 Å². The van der Waals surface area contributed by atoms with Crippen molar-refractivity contribution in [2.24, 2.45) is 16.2 Å². The Hall–Kier alpha value is -1.01. The highest BCUT2D eigenvalue weighted by Gasteiger charge is 2.76. The van der Waals surface area contributed by atoms with E-state index in [1.165, 1.54) is 16.8 Å². The van der Waals surface area contributed by atoms with Gasteiger partial charge in [0.2, 0.25) is 0 Å².